The van der Waals surface area contributed by atoms with Gasteiger partial charge in [0, 0.05) is 18.8 Å². The number of ether oxygens (including phenoxy) is 3. The smallest absolute Gasteiger partial charge is 0.248 e. The molecule has 20 heavy (non-hydrogen) atoms. The average molecular weight is 281 g/mol. The van der Waals surface area contributed by atoms with Crippen LogP contribution in [0.15, 0.2) is 12.1 Å². The molecule has 0 radical (unpaired) electrons. The molecule has 1 aromatic carbocycles. The summed E-state index contributed by atoms with van der Waals surface area (Å²) in [7, 11) is 0. The maximum atomic E-state index is 11.2. The van der Waals surface area contributed by atoms with Gasteiger partial charge in [0.15, 0.2) is 6.29 Å². The van der Waals surface area contributed by atoms with Gasteiger partial charge < -0.3 is 19.9 Å². The third-order valence-electron chi connectivity index (χ3n) is 2.81. The van der Waals surface area contributed by atoms with E-state index in [1.54, 1.807) is 12.1 Å². The average Bonchev–Trinajstić information content (AvgIpc) is 2.37. The van der Waals surface area contributed by atoms with Gasteiger partial charge in [-0.15, -0.1) is 0 Å². The maximum absolute atomic E-state index is 11.2. The summed E-state index contributed by atoms with van der Waals surface area (Å²) in [5, 5.41) is 0. The molecule has 0 atom stereocenters. The van der Waals surface area contributed by atoms with Crippen molar-refractivity contribution in [2.75, 3.05) is 19.8 Å². The minimum Gasteiger partial charge on any atom is -0.488 e. The fourth-order valence-corrected chi connectivity index (χ4v) is 1.99. The van der Waals surface area contributed by atoms with Gasteiger partial charge in [-0.25, -0.2) is 0 Å². The van der Waals surface area contributed by atoms with Crippen LogP contribution in [0.25, 0.3) is 0 Å². The quantitative estimate of drug-likeness (QED) is 0.741. The van der Waals surface area contributed by atoms with E-state index >= 15 is 0 Å². The van der Waals surface area contributed by atoms with E-state index < -0.39 is 5.91 Å². The zero-order chi connectivity index (χ0) is 15.1. The van der Waals surface area contributed by atoms with Crippen LogP contribution in [-0.4, -0.2) is 32.0 Å². The van der Waals surface area contributed by atoms with Crippen LogP contribution in [0.1, 0.15) is 35.3 Å². The molecule has 0 unspecified atom stereocenters. The Labute approximate surface area is 120 Å². The van der Waals surface area contributed by atoms with E-state index in [0.29, 0.717) is 25.4 Å². The van der Waals surface area contributed by atoms with E-state index in [0.717, 1.165) is 16.9 Å². The summed E-state index contributed by atoms with van der Waals surface area (Å²) in [6, 6.07) is 3.45. The van der Waals surface area contributed by atoms with Gasteiger partial charge in [0.1, 0.15) is 12.4 Å². The van der Waals surface area contributed by atoms with E-state index in [2.05, 4.69) is 0 Å². The molecule has 0 spiro atoms. The second-order valence-corrected chi connectivity index (χ2v) is 4.45. The molecule has 0 bridgehead atoms. The zero-order valence-corrected chi connectivity index (χ0v) is 12.6. The van der Waals surface area contributed by atoms with Gasteiger partial charge in [0.05, 0.1) is 0 Å². The number of primary amides is 1. The second kappa shape index (κ2) is 7.87. The number of carbonyl (C=O) groups excluding carboxylic acids is 1. The molecular formula is C15H23NO4. The molecule has 5 nitrogen and oxygen atoms in total. The summed E-state index contributed by atoms with van der Waals surface area (Å²) in [4.78, 5) is 11.2. The number of benzene rings is 1. The van der Waals surface area contributed by atoms with Crippen molar-refractivity contribution in [3.05, 3.63) is 28.8 Å². The normalized spacial score (nSPS) is 10.8. The fraction of sp³-hybridized carbons (Fsp3) is 0.533. The van der Waals surface area contributed by atoms with Crippen LogP contribution in [0.2, 0.25) is 0 Å². The molecular weight excluding hydrogens is 258 g/mol. The lowest BCUT2D eigenvalue weighted by molar-refractivity contribution is -0.152. The lowest BCUT2D eigenvalue weighted by Crippen LogP contribution is -2.25. The third kappa shape index (κ3) is 4.51. The summed E-state index contributed by atoms with van der Waals surface area (Å²) >= 11 is 0. The predicted octanol–water partition coefficient (Wildman–Crippen LogP) is 2.18. The Bertz CT molecular complexity index is 430. The molecule has 1 amide bonds. The molecule has 0 saturated heterocycles. The number of hydrogen-bond acceptors (Lipinski definition) is 4. The van der Waals surface area contributed by atoms with Crippen LogP contribution in [0.3, 0.4) is 0 Å². The van der Waals surface area contributed by atoms with E-state index in [9.17, 15) is 4.79 Å². The van der Waals surface area contributed by atoms with Gasteiger partial charge in [-0.2, -0.15) is 0 Å². The fourth-order valence-electron chi connectivity index (χ4n) is 1.99. The van der Waals surface area contributed by atoms with Crippen molar-refractivity contribution in [1.29, 1.82) is 0 Å². The topological polar surface area (TPSA) is 70.8 Å². The van der Waals surface area contributed by atoms with Crippen molar-refractivity contribution < 1.29 is 19.0 Å². The highest BCUT2D eigenvalue weighted by Gasteiger charge is 2.13. The molecule has 0 aliphatic heterocycles. The summed E-state index contributed by atoms with van der Waals surface area (Å²) in [5.41, 5.74) is 7.50. The first kappa shape index (κ1) is 16.5. The molecule has 0 aromatic heterocycles. The molecule has 0 fully saturated rings. The minimum atomic E-state index is -0.441. The summed E-state index contributed by atoms with van der Waals surface area (Å²) in [6.07, 6.45) is -0.389. The Kier molecular flexibility index (Phi) is 6.48. The van der Waals surface area contributed by atoms with Gasteiger partial charge in [0.2, 0.25) is 5.91 Å². The van der Waals surface area contributed by atoms with Crippen LogP contribution in [0, 0.1) is 13.8 Å². The highest BCUT2D eigenvalue weighted by atomic mass is 16.7. The van der Waals surface area contributed by atoms with E-state index in [-0.39, 0.29) is 6.29 Å². The molecule has 5 heteroatoms. The first-order valence-electron chi connectivity index (χ1n) is 6.76. The lowest BCUT2D eigenvalue weighted by Gasteiger charge is -2.19. The van der Waals surface area contributed by atoms with Crippen LogP contribution in [-0.2, 0) is 9.47 Å². The molecule has 112 valence electrons. The van der Waals surface area contributed by atoms with Crippen LogP contribution in [0.4, 0.5) is 0 Å². The number of hydrogen-bond donors (Lipinski definition) is 1. The highest BCUT2D eigenvalue weighted by molar-refractivity contribution is 5.93. The third-order valence-corrected chi connectivity index (χ3v) is 2.81. The van der Waals surface area contributed by atoms with Gasteiger partial charge in [0.25, 0.3) is 0 Å². The minimum absolute atomic E-state index is 0.305. The van der Waals surface area contributed by atoms with Crippen molar-refractivity contribution in [2.45, 2.75) is 34.0 Å². The summed E-state index contributed by atoms with van der Waals surface area (Å²) < 4.78 is 16.6. The Morgan fingerprint density at radius 2 is 1.65 bits per heavy atom. The number of nitrogens with two attached hydrogens (primary N) is 1. The first-order chi connectivity index (χ1) is 9.49. The van der Waals surface area contributed by atoms with E-state index in [4.69, 9.17) is 19.9 Å². The van der Waals surface area contributed by atoms with Crippen molar-refractivity contribution in [3.63, 3.8) is 0 Å². The Hall–Kier alpha value is -1.59. The van der Waals surface area contributed by atoms with Crippen molar-refractivity contribution in [1.82, 2.24) is 0 Å². The highest BCUT2D eigenvalue weighted by Crippen LogP contribution is 2.25. The maximum Gasteiger partial charge on any atom is 0.248 e. The number of aryl methyl sites for hydroxylation is 2. The molecule has 2 N–H and O–H groups in total. The molecule has 1 rings (SSSR count). The molecule has 0 saturated carbocycles. The largest absolute Gasteiger partial charge is 0.488 e. The first-order valence-corrected chi connectivity index (χ1v) is 6.76. The Morgan fingerprint density at radius 3 is 2.05 bits per heavy atom. The van der Waals surface area contributed by atoms with Gasteiger partial charge in [-0.3, -0.25) is 4.79 Å². The van der Waals surface area contributed by atoms with E-state index in [1.165, 1.54) is 0 Å². The summed E-state index contributed by atoms with van der Waals surface area (Å²) in [6.45, 7) is 9.00. The SMILES string of the molecule is CCOC(COc1c(C)cc(C(N)=O)cc1C)OCC. The van der Waals surface area contributed by atoms with Gasteiger partial charge in [-0.1, -0.05) is 0 Å². The number of carbonyl (C=O) groups is 1. The lowest BCUT2D eigenvalue weighted by atomic mass is 10.1. The molecule has 0 aliphatic carbocycles. The van der Waals surface area contributed by atoms with Crippen molar-refractivity contribution >= 4 is 5.91 Å². The molecule has 1 aromatic rings. The Morgan fingerprint density at radius 1 is 1.15 bits per heavy atom. The van der Waals surface area contributed by atoms with Crippen molar-refractivity contribution in [2.24, 2.45) is 5.73 Å². The van der Waals surface area contributed by atoms with Crippen molar-refractivity contribution in [3.8, 4) is 5.75 Å². The van der Waals surface area contributed by atoms with Crippen LogP contribution < -0.4 is 10.5 Å². The van der Waals surface area contributed by atoms with Crippen LogP contribution in [0.5, 0.6) is 5.75 Å². The molecule has 0 aliphatic rings. The van der Waals surface area contributed by atoms with Gasteiger partial charge >= 0.3 is 0 Å². The second-order valence-electron chi connectivity index (χ2n) is 4.45. The Balaban J connectivity index is 2.79. The number of rotatable bonds is 8. The van der Waals surface area contributed by atoms with Crippen LogP contribution >= 0.6 is 0 Å². The predicted molar refractivity (Wildman–Crippen MR) is 77.0 cm³/mol. The summed E-state index contributed by atoms with van der Waals surface area (Å²) in [5.74, 6) is 0.295. The van der Waals surface area contributed by atoms with E-state index in [1.807, 2.05) is 27.7 Å². The standard InChI is InChI=1S/C15H23NO4/c1-5-18-13(19-6-2)9-20-14-10(3)7-12(15(16)17)8-11(14)4/h7-8,13H,5-6,9H2,1-4H3,(H2,16,17). The number of amides is 1. The zero-order valence-electron chi connectivity index (χ0n) is 12.6. The monoisotopic (exact) mass is 281 g/mol. The molecule has 0 heterocycles. The van der Waals surface area contributed by atoms with Gasteiger partial charge in [-0.05, 0) is 51.0 Å².